The molecule has 3 aliphatic rings. The highest BCUT2D eigenvalue weighted by molar-refractivity contribution is 8.25. The fraction of sp³-hybridized carbons (Fsp3) is 0.333. The predicted molar refractivity (Wildman–Crippen MR) is 133 cm³/mol. The number of thiocarbonyl (C=S) groups is 1. The largest absolute Gasteiger partial charge is 0.497 e. The van der Waals surface area contributed by atoms with E-state index in [9.17, 15) is 9.59 Å². The van der Waals surface area contributed by atoms with Gasteiger partial charge in [0.2, 0.25) is 5.91 Å². The van der Waals surface area contributed by atoms with E-state index in [-0.39, 0.29) is 17.7 Å². The van der Waals surface area contributed by atoms with Crippen LogP contribution in [0.5, 0.6) is 5.75 Å². The number of nitrogens with zero attached hydrogens (tertiary/aromatic N) is 4. The summed E-state index contributed by atoms with van der Waals surface area (Å²) in [4.78, 5) is 38.0. The number of pyridine rings is 1. The van der Waals surface area contributed by atoms with E-state index >= 15 is 0 Å². The molecule has 0 unspecified atom stereocenters. The third-order valence-electron chi connectivity index (χ3n) is 7.08. The first-order valence-corrected chi connectivity index (χ1v) is 11.8. The second-order valence-corrected chi connectivity index (χ2v) is 10.4. The average molecular weight is 481 g/mol. The number of carbonyl (C=O) groups is 2. The molecule has 3 aliphatic heterocycles. The van der Waals surface area contributed by atoms with Crippen LogP contribution in [0.1, 0.15) is 17.0 Å². The second-order valence-electron chi connectivity index (χ2n) is 8.48. The van der Waals surface area contributed by atoms with E-state index in [1.807, 2.05) is 42.3 Å². The third-order valence-corrected chi connectivity index (χ3v) is 9.02. The summed E-state index contributed by atoms with van der Waals surface area (Å²) in [5.41, 5.74) is 1.23. The maximum atomic E-state index is 14.4. The number of amides is 2. The Morgan fingerprint density at radius 1 is 1.24 bits per heavy atom. The van der Waals surface area contributed by atoms with Crippen LogP contribution in [0.2, 0.25) is 0 Å². The minimum atomic E-state index is -1.25. The summed E-state index contributed by atoms with van der Waals surface area (Å²) in [6, 6.07) is 9.44. The zero-order valence-corrected chi connectivity index (χ0v) is 20.3. The monoisotopic (exact) mass is 480 g/mol. The quantitative estimate of drug-likeness (QED) is 0.493. The molecule has 1 aromatic heterocycles. The van der Waals surface area contributed by atoms with E-state index < -0.39 is 10.3 Å². The SMILES string of the molecule is C=CCN1C(=O)[C@]2(SC1=S)[C@@H](c1ccncc1)CN(C)[C@@]21C(=O)N(C)c2ccc(OC)cc21. The van der Waals surface area contributed by atoms with Gasteiger partial charge in [0.25, 0.3) is 5.91 Å². The maximum absolute atomic E-state index is 14.4. The highest BCUT2D eigenvalue weighted by Gasteiger charge is 2.78. The molecule has 5 rings (SSSR count). The Labute approximate surface area is 202 Å². The molecule has 2 saturated heterocycles. The van der Waals surface area contributed by atoms with Gasteiger partial charge in [0.05, 0.1) is 7.11 Å². The van der Waals surface area contributed by atoms with Gasteiger partial charge in [-0.25, -0.2) is 0 Å². The van der Waals surface area contributed by atoms with Gasteiger partial charge in [-0.2, -0.15) is 0 Å². The van der Waals surface area contributed by atoms with E-state index in [0.717, 1.165) is 16.8 Å². The molecule has 3 atom stereocenters. The van der Waals surface area contributed by atoms with Crippen molar-refractivity contribution in [2.45, 2.75) is 16.2 Å². The molecule has 1 aromatic carbocycles. The van der Waals surface area contributed by atoms with Crippen LogP contribution in [-0.4, -0.2) is 70.0 Å². The number of likely N-dealkylation sites (N-methyl/N-ethyl adjacent to an activating group) is 2. The lowest BCUT2D eigenvalue weighted by atomic mass is 9.72. The van der Waals surface area contributed by atoms with E-state index in [1.54, 1.807) is 42.4 Å². The number of fused-ring (bicyclic) bond motifs is 3. The number of benzene rings is 1. The van der Waals surface area contributed by atoms with Crippen LogP contribution in [0, 0.1) is 0 Å². The molecule has 0 aliphatic carbocycles. The Morgan fingerprint density at radius 2 is 1.97 bits per heavy atom. The van der Waals surface area contributed by atoms with Gasteiger partial charge >= 0.3 is 0 Å². The molecule has 4 heterocycles. The molecular weight excluding hydrogens is 456 g/mol. The number of aromatic nitrogens is 1. The number of ether oxygens (including phenoxy) is 1. The lowest BCUT2D eigenvalue weighted by molar-refractivity contribution is -0.138. The summed E-state index contributed by atoms with van der Waals surface area (Å²) >= 11 is 7.03. The summed E-state index contributed by atoms with van der Waals surface area (Å²) in [6.45, 7) is 4.60. The van der Waals surface area contributed by atoms with E-state index in [0.29, 0.717) is 23.2 Å². The topological polar surface area (TPSA) is 66.0 Å². The summed E-state index contributed by atoms with van der Waals surface area (Å²) in [6.07, 6.45) is 5.10. The second kappa shape index (κ2) is 7.65. The highest BCUT2D eigenvalue weighted by Crippen LogP contribution is 2.66. The van der Waals surface area contributed by atoms with Crippen molar-refractivity contribution >= 4 is 45.8 Å². The van der Waals surface area contributed by atoms with Gasteiger partial charge < -0.3 is 9.64 Å². The molecule has 0 bridgehead atoms. The highest BCUT2D eigenvalue weighted by atomic mass is 32.2. The first-order valence-electron chi connectivity index (χ1n) is 10.6. The number of hydrogen-bond acceptors (Lipinski definition) is 7. The maximum Gasteiger partial charge on any atom is 0.254 e. The van der Waals surface area contributed by atoms with Crippen LogP contribution in [0.25, 0.3) is 0 Å². The van der Waals surface area contributed by atoms with Gasteiger partial charge in [-0.05, 0) is 42.9 Å². The molecule has 0 N–H and O–H groups in total. The molecule has 0 saturated carbocycles. The first kappa shape index (κ1) is 22.1. The van der Waals surface area contributed by atoms with Crippen molar-refractivity contribution in [2.75, 3.05) is 39.2 Å². The smallest absolute Gasteiger partial charge is 0.254 e. The minimum absolute atomic E-state index is 0.145. The Hall–Kier alpha value is -2.75. The molecule has 2 spiro atoms. The number of methoxy groups -OCH3 is 1. The number of hydrogen-bond donors (Lipinski definition) is 0. The fourth-order valence-electron chi connectivity index (χ4n) is 5.69. The number of carbonyl (C=O) groups excluding carboxylic acids is 2. The molecule has 9 heteroatoms. The number of rotatable bonds is 4. The first-order chi connectivity index (χ1) is 15.8. The van der Waals surface area contributed by atoms with E-state index in [1.165, 1.54) is 11.8 Å². The fourth-order valence-corrected chi connectivity index (χ4v) is 7.83. The van der Waals surface area contributed by atoms with Crippen LogP contribution in [0.15, 0.2) is 55.4 Å². The van der Waals surface area contributed by atoms with Crippen LogP contribution in [0.4, 0.5) is 5.69 Å². The lowest BCUT2D eigenvalue weighted by Crippen LogP contribution is -2.62. The summed E-state index contributed by atoms with van der Waals surface area (Å²) in [7, 11) is 5.27. The van der Waals surface area contributed by atoms with Crippen molar-refractivity contribution in [3.8, 4) is 5.75 Å². The molecule has 0 radical (unpaired) electrons. The molecule has 2 amide bonds. The van der Waals surface area contributed by atoms with Crippen molar-refractivity contribution in [3.63, 3.8) is 0 Å². The van der Waals surface area contributed by atoms with Gasteiger partial charge in [-0.3, -0.25) is 24.4 Å². The molecular formula is C24H24N4O3S2. The molecule has 170 valence electrons. The minimum Gasteiger partial charge on any atom is -0.497 e. The van der Waals surface area contributed by atoms with Crippen LogP contribution < -0.4 is 9.64 Å². The molecule has 7 nitrogen and oxygen atoms in total. The van der Waals surface area contributed by atoms with Gasteiger partial charge in [-0.15, -0.1) is 6.58 Å². The zero-order valence-electron chi connectivity index (χ0n) is 18.6. The van der Waals surface area contributed by atoms with Crippen LogP contribution in [0.3, 0.4) is 0 Å². The van der Waals surface area contributed by atoms with Crippen molar-refractivity contribution in [1.82, 2.24) is 14.8 Å². The number of anilines is 1. The van der Waals surface area contributed by atoms with Crippen LogP contribution >= 0.6 is 24.0 Å². The number of thioether (sulfide) groups is 1. The summed E-state index contributed by atoms with van der Waals surface area (Å²) in [5.74, 6) is 0.0354. The Morgan fingerprint density at radius 3 is 2.64 bits per heavy atom. The standard InChI is InChI=1S/C24H24N4O3S2/c1-5-12-28-21(30)24(33-22(28)32)18(15-8-10-25-11-9-15)14-26(2)23(24)17-13-16(31-4)6-7-19(17)27(3)20(23)29/h5-11,13,18H,1,12,14H2,2-4H3/t18-,23+,24-/m1/s1. The lowest BCUT2D eigenvalue weighted by Gasteiger charge is -2.42. The molecule has 33 heavy (non-hydrogen) atoms. The zero-order chi connectivity index (χ0) is 23.5. The van der Waals surface area contributed by atoms with Crippen molar-refractivity contribution < 1.29 is 14.3 Å². The normalized spacial score (nSPS) is 28.9. The van der Waals surface area contributed by atoms with Gasteiger partial charge in [0, 0.05) is 49.7 Å². The van der Waals surface area contributed by atoms with Gasteiger partial charge in [0.1, 0.15) is 14.8 Å². The Kier molecular flexibility index (Phi) is 5.11. The van der Waals surface area contributed by atoms with Gasteiger partial charge in [-0.1, -0.05) is 30.1 Å². The Balaban J connectivity index is 1.84. The van der Waals surface area contributed by atoms with E-state index in [4.69, 9.17) is 17.0 Å². The summed E-state index contributed by atoms with van der Waals surface area (Å²) < 4.78 is 4.79. The average Bonchev–Trinajstić information content (AvgIpc) is 3.33. The number of likely N-dealkylation sites (tertiary alicyclic amines) is 1. The molecule has 2 aromatic rings. The van der Waals surface area contributed by atoms with Gasteiger partial charge in [0.15, 0.2) is 5.54 Å². The Bertz CT molecular complexity index is 1190. The molecule has 2 fully saturated rings. The predicted octanol–water partition coefficient (Wildman–Crippen LogP) is 2.78. The van der Waals surface area contributed by atoms with Crippen molar-refractivity contribution in [1.29, 1.82) is 0 Å². The van der Waals surface area contributed by atoms with Crippen molar-refractivity contribution in [3.05, 3.63) is 66.5 Å². The van der Waals surface area contributed by atoms with Crippen molar-refractivity contribution in [2.24, 2.45) is 0 Å². The summed E-state index contributed by atoms with van der Waals surface area (Å²) in [5, 5.41) is 0. The third kappa shape index (κ3) is 2.61. The van der Waals surface area contributed by atoms with E-state index in [2.05, 4.69) is 11.6 Å². The van der Waals surface area contributed by atoms with Crippen LogP contribution in [-0.2, 0) is 15.1 Å².